The van der Waals surface area contributed by atoms with Gasteiger partial charge in [0.05, 0.1) is 19.3 Å². The van der Waals surface area contributed by atoms with E-state index in [2.05, 4.69) is 19.1 Å². The van der Waals surface area contributed by atoms with Crippen molar-refractivity contribution in [2.75, 3.05) is 13.2 Å². The van der Waals surface area contributed by atoms with E-state index in [1.54, 1.807) is 12.1 Å². The third-order valence-corrected chi connectivity index (χ3v) is 6.56. The molecule has 29 heavy (non-hydrogen) atoms. The number of ether oxygens (including phenoxy) is 2. The van der Waals surface area contributed by atoms with E-state index in [0.29, 0.717) is 30.1 Å². The predicted molar refractivity (Wildman–Crippen MR) is 113 cm³/mol. The fourth-order valence-electron chi connectivity index (χ4n) is 4.75. The molecule has 0 amide bonds. The number of hydrogen-bond acceptors (Lipinski definition) is 2. The number of halogens is 2. The Kier molecular flexibility index (Phi) is 8.53. The second kappa shape index (κ2) is 11.1. The summed E-state index contributed by atoms with van der Waals surface area (Å²) >= 11 is 0. The highest BCUT2D eigenvalue weighted by Gasteiger charge is 2.33. The lowest BCUT2D eigenvalue weighted by Gasteiger charge is -2.37. The first-order valence-corrected chi connectivity index (χ1v) is 11.5. The highest BCUT2D eigenvalue weighted by molar-refractivity contribution is 5.33. The molecule has 2 atom stereocenters. The summed E-state index contributed by atoms with van der Waals surface area (Å²) in [5, 5.41) is 0. The van der Waals surface area contributed by atoms with Crippen LogP contribution in [-0.4, -0.2) is 19.3 Å². The van der Waals surface area contributed by atoms with E-state index in [9.17, 15) is 8.78 Å². The molecule has 0 spiro atoms. The van der Waals surface area contributed by atoms with E-state index in [-0.39, 0.29) is 11.7 Å². The van der Waals surface area contributed by atoms with Crippen LogP contribution in [-0.2, 0) is 4.74 Å². The van der Waals surface area contributed by atoms with Gasteiger partial charge in [0, 0.05) is 5.92 Å². The predicted octanol–water partition coefficient (Wildman–Crippen LogP) is 7.18. The maximum Gasteiger partial charge on any atom is 0.200 e. The number of hydrogen-bond donors (Lipinski definition) is 0. The molecule has 1 aliphatic heterocycles. The van der Waals surface area contributed by atoms with E-state index in [1.165, 1.54) is 6.42 Å². The molecule has 0 N–H and O–H groups in total. The summed E-state index contributed by atoms with van der Waals surface area (Å²) in [6.45, 7) is 5.44. The van der Waals surface area contributed by atoms with Crippen LogP contribution >= 0.6 is 0 Å². The maximum absolute atomic E-state index is 14.7. The van der Waals surface area contributed by atoms with Gasteiger partial charge < -0.3 is 9.47 Å². The van der Waals surface area contributed by atoms with Crippen molar-refractivity contribution < 1.29 is 18.3 Å². The highest BCUT2D eigenvalue weighted by atomic mass is 19.2. The molecule has 4 heteroatoms. The molecular formula is C25H36F2O2. The van der Waals surface area contributed by atoms with Gasteiger partial charge in [0.25, 0.3) is 0 Å². The fourth-order valence-corrected chi connectivity index (χ4v) is 4.75. The largest absolute Gasteiger partial charge is 0.490 e. The third-order valence-electron chi connectivity index (χ3n) is 6.56. The van der Waals surface area contributed by atoms with E-state index in [1.807, 2.05) is 6.92 Å². The van der Waals surface area contributed by atoms with Crippen molar-refractivity contribution in [2.24, 2.45) is 11.8 Å². The third kappa shape index (κ3) is 5.81. The molecule has 162 valence electrons. The average Bonchev–Trinajstić information content (AvgIpc) is 2.76. The molecule has 0 bridgehead atoms. The zero-order valence-corrected chi connectivity index (χ0v) is 18.0. The Balaban J connectivity index is 1.52. The Labute approximate surface area is 174 Å². The molecule has 1 saturated carbocycles. The van der Waals surface area contributed by atoms with Crippen LogP contribution in [0.5, 0.6) is 5.75 Å². The van der Waals surface area contributed by atoms with Crippen molar-refractivity contribution in [2.45, 2.75) is 83.7 Å². The first kappa shape index (κ1) is 22.3. The second-order valence-corrected chi connectivity index (χ2v) is 8.64. The molecule has 0 radical (unpaired) electrons. The minimum absolute atomic E-state index is 0.0377. The zero-order valence-electron chi connectivity index (χ0n) is 18.0. The van der Waals surface area contributed by atoms with Gasteiger partial charge in [-0.2, -0.15) is 4.39 Å². The Bertz CT molecular complexity index is 657. The van der Waals surface area contributed by atoms with Crippen LogP contribution in [0.3, 0.4) is 0 Å². The summed E-state index contributed by atoms with van der Waals surface area (Å²) in [5.41, 5.74) is 0.512. The van der Waals surface area contributed by atoms with Crippen molar-refractivity contribution >= 4 is 0 Å². The van der Waals surface area contributed by atoms with Gasteiger partial charge in [-0.3, -0.25) is 0 Å². The molecule has 1 aliphatic carbocycles. The zero-order chi connectivity index (χ0) is 20.6. The number of unbranched alkanes of at least 4 members (excludes halogenated alkanes) is 1. The van der Waals surface area contributed by atoms with Crippen LogP contribution in [0.4, 0.5) is 8.78 Å². The monoisotopic (exact) mass is 406 g/mol. The van der Waals surface area contributed by atoms with Crippen LogP contribution in [0.2, 0.25) is 0 Å². The van der Waals surface area contributed by atoms with Crippen LogP contribution in [0.1, 0.15) is 83.1 Å². The van der Waals surface area contributed by atoms with Crippen molar-refractivity contribution in [1.82, 2.24) is 0 Å². The number of benzene rings is 1. The lowest BCUT2D eigenvalue weighted by molar-refractivity contribution is -0.0471. The molecule has 1 saturated heterocycles. The van der Waals surface area contributed by atoms with E-state index < -0.39 is 11.6 Å². The summed E-state index contributed by atoms with van der Waals surface area (Å²) in [4.78, 5) is 0. The first-order valence-electron chi connectivity index (χ1n) is 11.5. The molecule has 1 aromatic carbocycles. The minimum Gasteiger partial charge on any atom is -0.490 e. The molecule has 2 aliphatic rings. The summed E-state index contributed by atoms with van der Waals surface area (Å²) in [6, 6.07) is 3.33. The molecule has 3 rings (SSSR count). The van der Waals surface area contributed by atoms with Gasteiger partial charge >= 0.3 is 0 Å². The van der Waals surface area contributed by atoms with Crippen molar-refractivity contribution in [3.63, 3.8) is 0 Å². The summed E-state index contributed by atoms with van der Waals surface area (Å²) in [6.07, 6.45) is 13.9. The highest BCUT2D eigenvalue weighted by Crippen LogP contribution is 2.41. The molecular weight excluding hydrogens is 370 g/mol. The number of rotatable bonds is 8. The molecule has 2 nitrogen and oxygen atoms in total. The SMILES string of the molecule is CC/C=C/C1CCC(C2CCC(c3ccc(OCCCC)c(F)c3F)CC2)OC1. The topological polar surface area (TPSA) is 18.5 Å². The standard InChI is InChI=1S/C25H36F2O2/c1-3-5-7-18-8-14-22(29-17-18)20-11-9-19(10-12-20)21-13-15-23(25(27)24(21)26)28-16-6-4-2/h5,7,13,15,18-20,22H,3-4,6,8-12,14,16-17H2,1-2H3/b7-5+. The molecule has 1 aromatic rings. The average molecular weight is 407 g/mol. The lowest BCUT2D eigenvalue weighted by Crippen LogP contribution is -2.33. The van der Waals surface area contributed by atoms with Gasteiger partial charge in [0.15, 0.2) is 11.6 Å². The van der Waals surface area contributed by atoms with Gasteiger partial charge in [0.1, 0.15) is 0 Å². The Morgan fingerprint density at radius 1 is 1.03 bits per heavy atom. The normalized spacial score (nSPS) is 28.0. The lowest BCUT2D eigenvalue weighted by atomic mass is 9.75. The molecule has 1 heterocycles. The fraction of sp³-hybridized carbons (Fsp3) is 0.680. The van der Waals surface area contributed by atoms with Crippen LogP contribution in [0.25, 0.3) is 0 Å². The van der Waals surface area contributed by atoms with Crippen LogP contribution in [0, 0.1) is 23.5 Å². The van der Waals surface area contributed by atoms with Gasteiger partial charge in [-0.15, -0.1) is 0 Å². The smallest absolute Gasteiger partial charge is 0.200 e. The van der Waals surface area contributed by atoms with E-state index in [0.717, 1.165) is 58.0 Å². The molecule has 2 fully saturated rings. The molecule has 0 aromatic heterocycles. The van der Waals surface area contributed by atoms with Gasteiger partial charge in [0.2, 0.25) is 5.82 Å². The summed E-state index contributed by atoms with van der Waals surface area (Å²) < 4.78 is 40.6. The second-order valence-electron chi connectivity index (χ2n) is 8.64. The van der Waals surface area contributed by atoms with Crippen molar-refractivity contribution in [3.8, 4) is 5.75 Å². The Morgan fingerprint density at radius 3 is 2.48 bits per heavy atom. The first-order chi connectivity index (χ1) is 14.1. The van der Waals surface area contributed by atoms with E-state index in [4.69, 9.17) is 9.47 Å². The number of allylic oxidation sites excluding steroid dienone is 1. The van der Waals surface area contributed by atoms with Crippen LogP contribution in [0.15, 0.2) is 24.3 Å². The van der Waals surface area contributed by atoms with Crippen molar-refractivity contribution in [1.29, 1.82) is 0 Å². The maximum atomic E-state index is 14.7. The summed E-state index contributed by atoms with van der Waals surface area (Å²) in [5.74, 6) is -0.320. The van der Waals surface area contributed by atoms with Crippen LogP contribution < -0.4 is 4.74 Å². The van der Waals surface area contributed by atoms with E-state index >= 15 is 0 Å². The van der Waals surface area contributed by atoms with Gasteiger partial charge in [-0.25, -0.2) is 4.39 Å². The summed E-state index contributed by atoms with van der Waals surface area (Å²) in [7, 11) is 0. The molecule has 2 unspecified atom stereocenters. The van der Waals surface area contributed by atoms with Gasteiger partial charge in [-0.05, 0) is 74.8 Å². The van der Waals surface area contributed by atoms with Crippen molar-refractivity contribution in [3.05, 3.63) is 41.5 Å². The Morgan fingerprint density at radius 2 is 1.83 bits per heavy atom. The van der Waals surface area contributed by atoms with Gasteiger partial charge in [-0.1, -0.05) is 38.5 Å². The Hall–Kier alpha value is -1.42. The minimum atomic E-state index is -0.831. The quantitative estimate of drug-likeness (QED) is 0.336.